The number of aromatic nitrogens is 1. The Morgan fingerprint density at radius 2 is 1.97 bits per heavy atom. The SMILES string of the molecule is CC(O)(CO)c1ccnc(-c2cccc3cc(C(NS(=O)(=O)C4CC4)c4c(F)cccc4Br)sc23)c1. The van der Waals surface area contributed by atoms with Crippen molar-refractivity contribution in [2.24, 2.45) is 0 Å². The lowest BCUT2D eigenvalue weighted by Crippen LogP contribution is -2.32. The van der Waals surface area contributed by atoms with Crippen LogP contribution in [0.2, 0.25) is 0 Å². The molecule has 0 amide bonds. The number of sulfonamides is 1. The molecule has 2 heterocycles. The van der Waals surface area contributed by atoms with E-state index in [1.807, 2.05) is 24.3 Å². The maximum Gasteiger partial charge on any atom is 0.215 e. The molecule has 5 rings (SSSR count). The number of thiophene rings is 1. The molecule has 2 atom stereocenters. The van der Waals surface area contributed by atoms with Crippen molar-refractivity contribution in [3.63, 3.8) is 0 Å². The van der Waals surface area contributed by atoms with Gasteiger partial charge in [0, 0.05) is 31.4 Å². The molecule has 1 aliphatic carbocycles. The van der Waals surface area contributed by atoms with Gasteiger partial charge in [0.15, 0.2) is 0 Å². The number of fused-ring (bicyclic) bond motifs is 1. The Morgan fingerprint density at radius 1 is 1.22 bits per heavy atom. The van der Waals surface area contributed by atoms with E-state index in [1.54, 1.807) is 30.5 Å². The van der Waals surface area contributed by atoms with Crippen LogP contribution in [0, 0.1) is 5.82 Å². The third kappa shape index (κ3) is 4.85. The number of aliphatic hydroxyl groups is 2. The number of nitrogens with zero attached hydrogens (tertiary/aromatic N) is 1. The molecule has 1 aliphatic rings. The fourth-order valence-electron chi connectivity index (χ4n) is 4.12. The minimum absolute atomic E-state index is 0.231. The molecule has 2 aromatic heterocycles. The molecule has 0 radical (unpaired) electrons. The molecule has 3 N–H and O–H groups in total. The highest BCUT2D eigenvalue weighted by atomic mass is 79.9. The van der Waals surface area contributed by atoms with E-state index >= 15 is 4.39 Å². The standard InChI is InChI=1S/C26H24BrFN2O4S2/c1-26(32,14-31)16-10-11-29-21(13-16)18-5-2-4-15-12-22(35-25(15)18)24(30-36(33,34)17-8-9-17)23-19(27)6-3-7-20(23)28/h2-7,10-13,17,24,30-32H,8-9,14H2,1H3. The van der Waals surface area contributed by atoms with Crippen LogP contribution in [0.15, 0.2) is 65.3 Å². The van der Waals surface area contributed by atoms with Gasteiger partial charge in [-0.1, -0.05) is 40.2 Å². The highest BCUT2D eigenvalue weighted by Crippen LogP contribution is 2.42. The summed E-state index contributed by atoms with van der Waals surface area (Å²) in [5, 5.41) is 20.5. The summed E-state index contributed by atoms with van der Waals surface area (Å²) in [7, 11) is -3.64. The number of aliphatic hydroxyl groups excluding tert-OH is 1. The van der Waals surface area contributed by atoms with E-state index in [2.05, 4.69) is 25.6 Å². The number of nitrogens with one attached hydrogen (secondary N) is 1. The molecule has 0 spiro atoms. The predicted molar refractivity (Wildman–Crippen MR) is 143 cm³/mol. The Morgan fingerprint density at radius 3 is 2.67 bits per heavy atom. The van der Waals surface area contributed by atoms with Crippen molar-refractivity contribution in [2.75, 3.05) is 6.61 Å². The Balaban J connectivity index is 1.65. The number of benzene rings is 2. The van der Waals surface area contributed by atoms with Crippen molar-refractivity contribution < 1.29 is 23.0 Å². The Bertz CT molecular complexity index is 1530. The number of halogens is 2. The van der Waals surface area contributed by atoms with Crippen molar-refractivity contribution >= 4 is 47.4 Å². The molecule has 1 fully saturated rings. The third-order valence-corrected chi connectivity index (χ3v) is 10.2. The molecule has 0 bridgehead atoms. The predicted octanol–water partition coefficient (Wildman–Crippen LogP) is 5.24. The summed E-state index contributed by atoms with van der Waals surface area (Å²) >= 11 is 4.77. The van der Waals surface area contributed by atoms with Gasteiger partial charge >= 0.3 is 0 Å². The summed E-state index contributed by atoms with van der Waals surface area (Å²) in [5.41, 5.74) is 0.719. The largest absolute Gasteiger partial charge is 0.393 e. The zero-order valence-corrected chi connectivity index (χ0v) is 22.5. The van der Waals surface area contributed by atoms with Gasteiger partial charge in [-0.15, -0.1) is 11.3 Å². The van der Waals surface area contributed by atoms with Crippen LogP contribution in [0.1, 0.15) is 41.8 Å². The maximum atomic E-state index is 15.1. The van der Waals surface area contributed by atoms with Gasteiger partial charge in [-0.25, -0.2) is 17.5 Å². The molecular formula is C26H24BrFN2O4S2. The average Bonchev–Trinajstić information content (AvgIpc) is 3.63. The van der Waals surface area contributed by atoms with Crippen LogP contribution >= 0.6 is 27.3 Å². The molecule has 2 unspecified atom stereocenters. The maximum absolute atomic E-state index is 15.1. The van der Waals surface area contributed by atoms with Gasteiger partial charge in [-0.05, 0) is 61.0 Å². The van der Waals surface area contributed by atoms with E-state index in [-0.39, 0.29) is 5.56 Å². The van der Waals surface area contributed by atoms with Crippen molar-refractivity contribution in [3.05, 3.63) is 87.1 Å². The van der Waals surface area contributed by atoms with Gasteiger partial charge in [0.25, 0.3) is 0 Å². The lowest BCUT2D eigenvalue weighted by atomic mass is 9.96. The van der Waals surface area contributed by atoms with Gasteiger partial charge in [0.05, 0.1) is 23.6 Å². The van der Waals surface area contributed by atoms with Crippen LogP contribution in [0.3, 0.4) is 0 Å². The van der Waals surface area contributed by atoms with Crippen LogP contribution in [0.5, 0.6) is 0 Å². The fourth-order valence-corrected chi connectivity index (χ4v) is 7.53. The van der Waals surface area contributed by atoms with Crippen LogP contribution in [0.4, 0.5) is 4.39 Å². The fraction of sp³-hybridized carbons (Fsp3) is 0.269. The number of rotatable bonds is 8. The smallest absolute Gasteiger partial charge is 0.215 e. The van der Waals surface area contributed by atoms with E-state index in [1.165, 1.54) is 24.3 Å². The molecule has 4 aromatic rings. The van der Waals surface area contributed by atoms with Gasteiger partial charge in [0.2, 0.25) is 10.0 Å². The minimum Gasteiger partial charge on any atom is -0.393 e. The zero-order valence-electron chi connectivity index (χ0n) is 19.3. The van der Waals surface area contributed by atoms with Gasteiger partial charge in [-0.2, -0.15) is 0 Å². The second-order valence-electron chi connectivity index (χ2n) is 9.16. The van der Waals surface area contributed by atoms with Crippen LogP contribution < -0.4 is 4.72 Å². The van der Waals surface area contributed by atoms with Crippen molar-refractivity contribution in [2.45, 2.75) is 36.7 Å². The Kier molecular flexibility index (Phi) is 6.78. The lowest BCUT2D eigenvalue weighted by Gasteiger charge is -2.21. The van der Waals surface area contributed by atoms with Crippen LogP contribution in [-0.4, -0.2) is 35.5 Å². The molecule has 188 valence electrons. The molecule has 1 saturated carbocycles. The van der Waals surface area contributed by atoms with Crippen LogP contribution in [-0.2, 0) is 15.6 Å². The van der Waals surface area contributed by atoms with E-state index in [9.17, 15) is 18.6 Å². The number of hydrogen-bond acceptors (Lipinski definition) is 6. The molecule has 0 aliphatic heterocycles. The first kappa shape index (κ1) is 25.4. The summed E-state index contributed by atoms with van der Waals surface area (Å²) in [6, 6.07) is 14.6. The first-order chi connectivity index (χ1) is 17.1. The van der Waals surface area contributed by atoms with E-state index < -0.39 is 39.3 Å². The molecule has 6 nitrogen and oxygen atoms in total. The number of pyridine rings is 1. The summed E-state index contributed by atoms with van der Waals surface area (Å²) in [4.78, 5) is 5.12. The summed E-state index contributed by atoms with van der Waals surface area (Å²) in [5.74, 6) is -0.508. The lowest BCUT2D eigenvalue weighted by molar-refractivity contribution is -0.00230. The van der Waals surface area contributed by atoms with Gasteiger partial charge in [0.1, 0.15) is 11.4 Å². The molecule has 10 heteroatoms. The number of hydrogen-bond donors (Lipinski definition) is 3. The average molecular weight is 592 g/mol. The monoisotopic (exact) mass is 590 g/mol. The van der Waals surface area contributed by atoms with E-state index in [4.69, 9.17) is 0 Å². The zero-order chi connectivity index (χ0) is 25.7. The van der Waals surface area contributed by atoms with E-state index in [0.29, 0.717) is 33.4 Å². The summed E-state index contributed by atoms with van der Waals surface area (Å²) in [6.45, 7) is 1.09. The van der Waals surface area contributed by atoms with Gasteiger partial charge in [-0.3, -0.25) is 4.98 Å². The van der Waals surface area contributed by atoms with Crippen molar-refractivity contribution in [1.82, 2.24) is 9.71 Å². The minimum atomic E-state index is -3.64. The Hall–Kier alpha value is -2.21. The normalized spacial score (nSPS) is 16.7. The molecule has 36 heavy (non-hydrogen) atoms. The summed E-state index contributed by atoms with van der Waals surface area (Å²) in [6.07, 6.45) is 2.76. The van der Waals surface area contributed by atoms with Crippen LogP contribution in [0.25, 0.3) is 21.3 Å². The first-order valence-electron chi connectivity index (χ1n) is 11.4. The highest BCUT2D eigenvalue weighted by molar-refractivity contribution is 9.10. The van der Waals surface area contributed by atoms with Crippen molar-refractivity contribution in [1.29, 1.82) is 0 Å². The molecule has 2 aromatic carbocycles. The topological polar surface area (TPSA) is 99.5 Å². The van der Waals surface area contributed by atoms with Crippen molar-refractivity contribution in [3.8, 4) is 11.3 Å². The van der Waals surface area contributed by atoms with Gasteiger partial charge < -0.3 is 10.2 Å². The second-order valence-corrected chi connectivity index (χ2v) is 13.1. The molecule has 0 saturated heterocycles. The second kappa shape index (κ2) is 9.59. The third-order valence-electron chi connectivity index (χ3n) is 6.35. The first-order valence-corrected chi connectivity index (χ1v) is 14.5. The summed E-state index contributed by atoms with van der Waals surface area (Å²) < 4.78 is 45.0. The highest BCUT2D eigenvalue weighted by Gasteiger charge is 2.39. The molecular weight excluding hydrogens is 567 g/mol. The van der Waals surface area contributed by atoms with E-state index in [0.717, 1.165) is 15.6 Å². The quantitative estimate of drug-likeness (QED) is 0.261. The Labute approximate surface area is 221 Å².